The number of hydrogen-bond acceptors (Lipinski definition) is 4. The molecule has 160 valence electrons. The minimum atomic E-state index is -0.301. The molecule has 1 aliphatic rings. The lowest BCUT2D eigenvalue weighted by atomic mass is 9.99. The standard InChI is InChI=1S/C23H24ClN5O2/c1-16-22(27-29(26-16)20-9-4-8-19(24)14-20)23(31)25-12-5-10-21(30)28-13-11-17-6-2-3-7-18(17)15-28/h2-4,6-9,14H,5,10-13,15H2,1H3,(H,25,31). The van der Waals surface area contributed by atoms with Gasteiger partial charge in [-0.15, -0.1) is 5.10 Å². The molecule has 1 aromatic heterocycles. The highest BCUT2D eigenvalue weighted by Gasteiger charge is 2.20. The third-order valence-corrected chi connectivity index (χ3v) is 5.61. The SMILES string of the molecule is Cc1nn(-c2cccc(Cl)c2)nc1C(=O)NCCCC(=O)N1CCc2ccccc2C1. The maximum atomic E-state index is 12.5. The van der Waals surface area contributed by atoms with E-state index < -0.39 is 0 Å². The molecule has 0 aliphatic carbocycles. The number of hydrogen-bond donors (Lipinski definition) is 1. The van der Waals surface area contributed by atoms with Crippen molar-refractivity contribution in [3.63, 3.8) is 0 Å². The first-order valence-corrected chi connectivity index (χ1v) is 10.7. The Labute approximate surface area is 186 Å². The van der Waals surface area contributed by atoms with Gasteiger partial charge in [-0.1, -0.05) is 41.9 Å². The fourth-order valence-corrected chi connectivity index (χ4v) is 3.88. The van der Waals surface area contributed by atoms with Gasteiger partial charge in [-0.05, 0) is 49.1 Å². The molecule has 3 aromatic rings. The van der Waals surface area contributed by atoms with Crippen molar-refractivity contribution in [3.05, 3.63) is 76.1 Å². The second kappa shape index (κ2) is 9.31. The summed E-state index contributed by atoms with van der Waals surface area (Å²) in [4.78, 5) is 28.3. The third kappa shape index (κ3) is 4.94. The molecule has 0 saturated heterocycles. The van der Waals surface area contributed by atoms with E-state index in [1.807, 2.05) is 23.1 Å². The summed E-state index contributed by atoms with van der Waals surface area (Å²) >= 11 is 6.02. The van der Waals surface area contributed by atoms with Crippen molar-refractivity contribution in [2.75, 3.05) is 13.1 Å². The van der Waals surface area contributed by atoms with E-state index >= 15 is 0 Å². The predicted molar refractivity (Wildman–Crippen MR) is 118 cm³/mol. The van der Waals surface area contributed by atoms with Gasteiger partial charge < -0.3 is 10.2 Å². The quantitative estimate of drug-likeness (QED) is 0.600. The number of carbonyl (C=O) groups is 2. The summed E-state index contributed by atoms with van der Waals surface area (Å²) in [5.74, 6) is -0.183. The van der Waals surface area contributed by atoms with Gasteiger partial charge in [0.2, 0.25) is 5.91 Å². The lowest BCUT2D eigenvalue weighted by Gasteiger charge is -2.29. The average molecular weight is 438 g/mol. The van der Waals surface area contributed by atoms with Gasteiger partial charge in [0.15, 0.2) is 5.69 Å². The number of benzene rings is 2. The Balaban J connectivity index is 1.27. The van der Waals surface area contributed by atoms with Gasteiger partial charge in [-0.25, -0.2) is 0 Å². The fraction of sp³-hybridized carbons (Fsp3) is 0.304. The summed E-state index contributed by atoms with van der Waals surface area (Å²) in [6, 6.07) is 15.4. The lowest BCUT2D eigenvalue weighted by molar-refractivity contribution is -0.132. The first-order valence-electron chi connectivity index (χ1n) is 10.3. The topological polar surface area (TPSA) is 80.1 Å². The Morgan fingerprint density at radius 3 is 2.71 bits per heavy atom. The molecular weight excluding hydrogens is 414 g/mol. The third-order valence-electron chi connectivity index (χ3n) is 5.37. The van der Waals surface area contributed by atoms with Crippen molar-refractivity contribution < 1.29 is 9.59 Å². The Kier molecular flexibility index (Phi) is 6.32. The van der Waals surface area contributed by atoms with Crippen LogP contribution in [-0.4, -0.2) is 44.8 Å². The van der Waals surface area contributed by atoms with Crippen LogP contribution < -0.4 is 5.32 Å². The molecule has 7 nitrogen and oxygen atoms in total. The Morgan fingerprint density at radius 1 is 1.10 bits per heavy atom. The molecular formula is C23H24ClN5O2. The van der Waals surface area contributed by atoms with Gasteiger partial charge in [0.1, 0.15) is 0 Å². The second-order valence-electron chi connectivity index (χ2n) is 7.60. The van der Waals surface area contributed by atoms with Crippen molar-refractivity contribution in [2.45, 2.75) is 32.7 Å². The van der Waals surface area contributed by atoms with E-state index in [0.717, 1.165) is 13.0 Å². The highest BCUT2D eigenvalue weighted by molar-refractivity contribution is 6.30. The van der Waals surface area contributed by atoms with Crippen LogP contribution >= 0.6 is 11.6 Å². The van der Waals surface area contributed by atoms with Crippen molar-refractivity contribution in [2.24, 2.45) is 0 Å². The number of carbonyl (C=O) groups excluding carboxylic acids is 2. The van der Waals surface area contributed by atoms with E-state index in [-0.39, 0.29) is 17.5 Å². The van der Waals surface area contributed by atoms with Gasteiger partial charge in [0.05, 0.1) is 11.4 Å². The molecule has 0 unspecified atom stereocenters. The van der Waals surface area contributed by atoms with Crippen LogP contribution in [0.15, 0.2) is 48.5 Å². The van der Waals surface area contributed by atoms with Crippen molar-refractivity contribution in [1.29, 1.82) is 0 Å². The van der Waals surface area contributed by atoms with Crippen LogP contribution in [0.5, 0.6) is 0 Å². The molecule has 8 heteroatoms. The van der Waals surface area contributed by atoms with Crippen LogP contribution in [0.3, 0.4) is 0 Å². The Morgan fingerprint density at radius 2 is 1.90 bits per heavy atom. The van der Waals surface area contributed by atoms with Gasteiger partial charge in [0.25, 0.3) is 5.91 Å². The second-order valence-corrected chi connectivity index (χ2v) is 8.03. The first kappa shape index (κ1) is 21.1. The lowest BCUT2D eigenvalue weighted by Crippen LogP contribution is -2.36. The molecule has 2 heterocycles. The summed E-state index contributed by atoms with van der Waals surface area (Å²) in [6.45, 7) is 3.54. The Bertz CT molecular complexity index is 1110. The smallest absolute Gasteiger partial charge is 0.273 e. The summed E-state index contributed by atoms with van der Waals surface area (Å²) < 4.78 is 0. The molecule has 2 aromatic carbocycles. The van der Waals surface area contributed by atoms with Gasteiger partial charge in [-0.3, -0.25) is 9.59 Å². The molecule has 2 amide bonds. The Hall–Kier alpha value is -3.19. The van der Waals surface area contributed by atoms with Gasteiger partial charge >= 0.3 is 0 Å². The van der Waals surface area contributed by atoms with Crippen LogP contribution in [0.25, 0.3) is 5.69 Å². The predicted octanol–water partition coefficient (Wildman–Crippen LogP) is 3.32. The van der Waals surface area contributed by atoms with Gasteiger partial charge in [0, 0.05) is 31.1 Å². The maximum absolute atomic E-state index is 12.5. The monoisotopic (exact) mass is 437 g/mol. The number of halogens is 1. The van der Waals surface area contributed by atoms with E-state index in [4.69, 9.17) is 11.6 Å². The summed E-state index contributed by atoms with van der Waals surface area (Å²) in [5.41, 5.74) is 4.01. The molecule has 0 radical (unpaired) electrons. The summed E-state index contributed by atoms with van der Waals surface area (Å²) in [5, 5.41) is 12.0. The first-order chi connectivity index (χ1) is 15.0. The number of nitrogens with one attached hydrogen (secondary N) is 1. The highest BCUT2D eigenvalue weighted by Crippen LogP contribution is 2.19. The highest BCUT2D eigenvalue weighted by atomic mass is 35.5. The molecule has 31 heavy (non-hydrogen) atoms. The van der Waals surface area contributed by atoms with Crippen LogP contribution in [0.4, 0.5) is 0 Å². The van der Waals surface area contributed by atoms with Crippen LogP contribution in [0.1, 0.15) is 40.2 Å². The van der Waals surface area contributed by atoms with Gasteiger partial charge in [-0.2, -0.15) is 9.90 Å². The number of fused-ring (bicyclic) bond motifs is 1. The zero-order chi connectivity index (χ0) is 21.8. The van der Waals surface area contributed by atoms with E-state index in [0.29, 0.717) is 42.3 Å². The van der Waals surface area contributed by atoms with Crippen molar-refractivity contribution in [1.82, 2.24) is 25.2 Å². The molecule has 1 N–H and O–H groups in total. The molecule has 0 atom stereocenters. The average Bonchev–Trinajstić information content (AvgIpc) is 3.18. The normalized spacial score (nSPS) is 13.0. The maximum Gasteiger partial charge on any atom is 0.273 e. The number of amides is 2. The van der Waals surface area contributed by atoms with E-state index in [9.17, 15) is 9.59 Å². The van der Waals surface area contributed by atoms with Crippen molar-refractivity contribution >= 4 is 23.4 Å². The minimum Gasteiger partial charge on any atom is -0.351 e. The van der Waals surface area contributed by atoms with Crippen LogP contribution in [0, 0.1) is 6.92 Å². The molecule has 1 aliphatic heterocycles. The molecule has 0 saturated carbocycles. The van der Waals surface area contributed by atoms with Crippen molar-refractivity contribution in [3.8, 4) is 5.69 Å². The van der Waals surface area contributed by atoms with E-state index in [2.05, 4.69) is 27.6 Å². The molecule has 0 fully saturated rings. The zero-order valence-corrected chi connectivity index (χ0v) is 18.1. The van der Waals surface area contributed by atoms with Crippen LogP contribution in [-0.2, 0) is 17.8 Å². The van der Waals surface area contributed by atoms with Crippen LogP contribution in [0.2, 0.25) is 5.02 Å². The summed E-state index contributed by atoms with van der Waals surface area (Å²) in [6.07, 6.45) is 1.86. The zero-order valence-electron chi connectivity index (χ0n) is 17.3. The fourth-order valence-electron chi connectivity index (χ4n) is 3.70. The summed E-state index contributed by atoms with van der Waals surface area (Å²) in [7, 11) is 0. The molecule has 4 rings (SSSR count). The number of aromatic nitrogens is 3. The largest absolute Gasteiger partial charge is 0.351 e. The minimum absolute atomic E-state index is 0.117. The van der Waals surface area contributed by atoms with E-state index in [1.54, 1.807) is 25.1 Å². The number of nitrogens with zero attached hydrogens (tertiary/aromatic N) is 4. The molecule has 0 bridgehead atoms. The molecule has 0 spiro atoms. The van der Waals surface area contributed by atoms with E-state index in [1.165, 1.54) is 15.9 Å². The number of aryl methyl sites for hydroxylation is 1. The number of rotatable bonds is 6.